The minimum Gasteiger partial charge on any atom is -0.452 e. The lowest BCUT2D eigenvalue weighted by Crippen LogP contribution is -2.21. The molecule has 0 radical (unpaired) electrons. The normalized spacial score (nSPS) is 10.1. The minimum atomic E-state index is -0.659. The van der Waals surface area contributed by atoms with E-state index in [9.17, 15) is 14.0 Å². The summed E-state index contributed by atoms with van der Waals surface area (Å²) < 4.78 is 18.2. The van der Waals surface area contributed by atoms with Crippen LogP contribution in [0.3, 0.4) is 0 Å². The highest BCUT2D eigenvalue weighted by molar-refractivity contribution is 6.30. The molecule has 0 atom stereocenters. The Kier molecular flexibility index (Phi) is 5.12. The molecule has 0 aliphatic rings. The number of benzene rings is 2. The molecule has 0 saturated heterocycles. The molecule has 0 spiro atoms. The van der Waals surface area contributed by atoms with E-state index in [0.717, 1.165) is 0 Å². The van der Waals surface area contributed by atoms with Gasteiger partial charge in [0.25, 0.3) is 5.91 Å². The lowest BCUT2D eigenvalue weighted by atomic mass is 10.2. The van der Waals surface area contributed by atoms with Gasteiger partial charge in [0.2, 0.25) is 0 Å². The molecule has 2 aromatic rings. The van der Waals surface area contributed by atoms with E-state index in [1.807, 2.05) is 0 Å². The van der Waals surface area contributed by atoms with Crippen molar-refractivity contribution < 1.29 is 18.7 Å². The van der Waals surface area contributed by atoms with Gasteiger partial charge in [-0.3, -0.25) is 4.79 Å². The van der Waals surface area contributed by atoms with Crippen molar-refractivity contribution in [3.63, 3.8) is 0 Å². The standard InChI is InChI=1S/C16H13ClFNO3/c1-10-13(18)6-3-7-14(10)19-15(20)9-22-16(21)11-4-2-5-12(17)8-11/h2-8H,9H2,1H3,(H,19,20). The summed E-state index contributed by atoms with van der Waals surface area (Å²) in [6.07, 6.45) is 0. The Bertz CT molecular complexity index is 718. The average Bonchev–Trinajstić information content (AvgIpc) is 2.49. The molecule has 0 fully saturated rings. The lowest BCUT2D eigenvalue weighted by molar-refractivity contribution is -0.119. The van der Waals surface area contributed by atoms with E-state index in [2.05, 4.69) is 5.32 Å². The molecule has 0 heterocycles. The number of rotatable bonds is 4. The molecule has 1 N–H and O–H groups in total. The van der Waals surface area contributed by atoms with Gasteiger partial charge in [0, 0.05) is 16.3 Å². The summed E-state index contributed by atoms with van der Waals surface area (Å²) in [6.45, 7) is 1.07. The maximum absolute atomic E-state index is 13.4. The summed E-state index contributed by atoms with van der Waals surface area (Å²) in [5, 5.41) is 2.88. The predicted molar refractivity (Wildman–Crippen MR) is 81.5 cm³/mol. The lowest BCUT2D eigenvalue weighted by Gasteiger charge is -2.09. The topological polar surface area (TPSA) is 55.4 Å². The van der Waals surface area contributed by atoms with E-state index in [4.69, 9.17) is 16.3 Å². The van der Waals surface area contributed by atoms with E-state index in [1.54, 1.807) is 25.1 Å². The molecule has 0 unspecified atom stereocenters. The Labute approximate surface area is 131 Å². The zero-order valence-electron chi connectivity index (χ0n) is 11.7. The van der Waals surface area contributed by atoms with Crippen molar-refractivity contribution in [2.24, 2.45) is 0 Å². The number of hydrogen-bond donors (Lipinski definition) is 1. The van der Waals surface area contributed by atoms with Crippen LogP contribution in [0.4, 0.5) is 10.1 Å². The molecule has 2 rings (SSSR count). The van der Waals surface area contributed by atoms with Crippen molar-refractivity contribution in [2.45, 2.75) is 6.92 Å². The molecule has 6 heteroatoms. The zero-order valence-corrected chi connectivity index (χ0v) is 12.5. The molecule has 0 aliphatic heterocycles. The van der Waals surface area contributed by atoms with Crippen LogP contribution in [0, 0.1) is 12.7 Å². The molecule has 22 heavy (non-hydrogen) atoms. The number of anilines is 1. The molecular weight excluding hydrogens is 309 g/mol. The number of amides is 1. The Morgan fingerprint density at radius 3 is 2.68 bits per heavy atom. The van der Waals surface area contributed by atoms with Crippen molar-refractivity contribution in [1.82, 2.24) is 0 Å². The van der Waals surface area contributed by atoms with Gasteiger partial charge < -0.3 is 10.1 Å². The van der Waals surface area contributed by atoms with Gasteiger partial charge in [-0.25, -0.2) is 9.18 Å². The van der Waals surface area contributed by atoms with Crippen molar-refractivity contribution in [1.29, 1.82) is 0 Å². The van der Waals surface area contributed by atoms with Crippen molar-refractivity contribution in [3.8, 4) is 0 Å². The fourth-order valence-corrected chi connectivity index (χ4v) is 1.95. The van der Waals surface area contributed by atoms with Crippen molar-refractivity contribution >= 4 is 29.2 Å². The highest BCUT2D eigenvalue weighted by atomic mass is 35.5. The zero-order chi connectivity index (χ0) is 16.1. The van der Waals surface area contributed by atoms with Gasteiger partial charge in [-0.05, 0) is 37.3 Å². The molecule has 0 bridgehead atoms. The highest BCUT2D eigenvalue weighted by Crippen LogP contribution is 2.17. The van der Waals surface area contributed by atoms with E-state index in [1.165, 1.54) is 24.3 Å². The molecule has 1 amide bonds. The first-order chi connectivity index (χ1) is 10.5. The van der Waals surface area contributed by atoms with Crippen LogP contribution in [0.1, 0.15) is 15.9 Å². The summed E-state index contributed by atoms with van der Waals surface area (Å²) in [7, 11) is 0. The first kappa shape index (κ1) is 16.0. The number of esters is 1. The van der Waals surface area contributed by atoms with E-state index in [0.29, 0.717) is 16.3 Å². The Morgan fingerprint density at radius 1 is 1.23 bits per heavy atom. The number of halogens is 2. The SMILES string of the molecule is Cc1c(F)cccc1NC(=O)COC(=O)c1cccc(Cl)c1. The Hall–Kier alpha value is -2.40. The third kappa shape index (κ3) is 4.05. The Balaban J connectivity index is 1.93. The van der Waals surface area contributed by atoms with E-state index < -0.39 is 24.3 Å². The summed E-state index contributed by atoms with van der Waals surface area (Å²) in [4.78, 5) is 23.5. The number of hydrogen-bond acceptors (Lipinski definition) is 3. The first-order valence-electron chi connectivity index (χ1n) is 6.45. The van der Waals surface area contributed by atoms with E-state index in [-0.39, 0.29) is 5.56 Å². The van der Waals surface area contributed by atoms with Crippen LogP contribution in [0.25, 0.3) is 0 Å². The van der Waals surface area contributed by atoms with Crippen LogP contribution in [0.5, 0.6) is 0 Å². The van der Waals surface area contributed by atoms with E-state index >= 15 is 0 Å². The second kappa shape index (κ2) is 7.04. The monoisotopic (exact) mass is 321 g/mol. The van der Waals surface area contributed by atoms with Gasteiger partial charge in [-0.15, -0.1) is 0 Å². The maximum atomic E-state index is 13.4. The van der Waals surface area contributed by atoms with Crippen LogP contribution in [-0.4, -0.2) is 18.5 Å². The van der Waals surface area contributed by atoms with Crippen LogP contribution in [0.2, 0.25) is 5.02 Å². The number of carbonyl (C=O) groups excluding carboxylic acids is 2. The van der Waals surface area contributed by atoms with Crippen molar-refractivity contribution in [2.75, 3.05) is 11.9 Å². The fraction of sp³-hybridized carbons (Fsp3) is 0.125. The van der Waals surface area contributed by atoms with Crippen molar-refractivity contribution in [3.05, 3.63) is 64.4 Å². The van der Waals surface area contributed by atoms with Gasteiger partial charge in [-0.1, -0.05) is 23.7 Å². The minimum absolute atomic E-state index is 0.252. The second-order valence-electron chi connectivity index (χ2n) is 4.55. The third-order valence-corrected chi connectivity index (χ3v) is 3.17. The summed E-state index contributed by atoms with van der Waals surface area (Å²) in [6, 6.07) is 10.5. The molecule has 0 aromatic heterocycles. The first-order valence-corrected chi connectivity index (χ1v) is 6.83. The molecule has 2 aromatic carbocycles. The van der Waals surface area contributed by atoms with Gasteiger partial charge in [-0.2, -0.15) is 0 Å². The van der Waals surface area contributed by atoms with Gasteiger partial charge >= 0.3 is 5.97 Å². The molecule has 0 aliphatic carbocycles. The molecule has 4 nitrogen and oxygen atoms in total. The largest absolute Gasteiger partial charge is 0.452 e. The van der Waals surface area contributed by atoms with Gasteiger partial charge in [0.05, 0.1) is 5.56 Å². The van der Waals surface area contributed by atoms with Gasteiger partial charge in [0.15, 0.2) is 6.61 Å². The summed E-state index contributed by atoms with van der Waals surface area (Å²) in [5.41, 5.74) is 0.906. The number of nitrogens with one attached hydrogen (secondary N) is 1. The molecular formula is C16H13ClFNO3. The van der Waals surface area contributed by atoms with Crippen LogP contribution >= 0.6 is 11.6 Å². The second-order valence-corrected chi connectivity index (χ2v) is 4.98. The summed E-state index contributed by atoms with van der Waals surface area (Å²) >= 11 is 5.77. The number of carbonyl (C=O) groups is 2. The average molecular weight is 322 g/mol. The maximum Gasteiger partial charge on any atom is 0.338 e. The fourth-order valence-electron chi connectivity index (χ4n) is 1.76. The smallest absolute Gasteiger partial charge is 0.338 e. The number of ether oxygens (including phenoxy) is 1. The van der Waals surface area contributed by atoms with Gasteiger partial charge in [0.1, 0.15) is 5.82 Å². The quantitative estimate of drug-likeness (QED) is 0.876. The Morgan fingerprint density at radius 2 is 1.95 bits per heavy atom. The van der Waals surface area contributed by atoms with Crippen LogP contribution < -0.4 is 5.32 Å². The predicted octanol–water partition coefficient (Wildman–Crippen LogP) is 3.58. The highest BCUT2D eigenvalue weighted by Gasteiger charge is 2.12. The summed E-state index contributed by atoms with van der Waals surface area (Å²) in [5.74, 6) is -1.63. The molecule has 0 saturated carbocycles. The van der Waals surface area contributed by atoms with Crippen LogP contribution in [0.15, 0.2) is 42.5 Å². The third-order valence-electron chi connectivity index (χ3n) is 2.94. The van der Waals surface area contributed by atoms with Crippen LogP contribution in [-0.2, 0) is 9.53 Å². The molecule has 114 valence electrons.